The number of urea groups is 1. The normalized spacial score (nSPS) is 19.7. The molecule has 3 N–H and O–H groups in total. The highest BCUT2D eigenvalue weighted by molar-refractivity contribution is 9.10. The third-order valence-electron chi connectivity index (χ3n) is 3.18. The largest absolute Gasteiger partial charge is 0.399 e. The van der Waals surface area contributed by atoms with Crippen molar-refractivity contribution in [3.63, 3.8) is 0 Å². The van der Waals surface area contributed by atoms with Gasteiger partial charge >= 0.3 is 6.03 Å². The van der Waals surface area contributed by atoms with E-state index >= 15 is 0 Å². The third-order valence-corrected chi connectivity index (χ3v) is 3.87. The average molecular weight is 312 g/mol. The van der Waals surface area contributed by atoms with E-state index in [1.807, 2.05) is 11.0 Å². The van der Waals surface area contributed by atoms with Crippen molar-refractivity contribution in [3.8, 4) is 0 Å². The number of nitrogens with two attached hydrogens (primary N) is 1. The van der Waals surface area contributed by atoms with Crippen LogP contribution in [0.4, 0.5) is 16.2 Å². The van der Waals surface area contributed by atoms with Crippen LogP contribution in [0.15, 0.2) is 22.7 Å². The Bertz CT molecular complexity index is 450. The SMILES string of the molecule is CC1CCCN(C(=O)Nc2cc(N)ccc2Br)C1. The van der Waals surface area contributed by atoms with Crippen molar-refractivity contribution in [1.82, 2.24) is 4.90 Å². The Balaban J connectivity index is 2.04. The van der Waals surface area contributed by atoms with Gasteiger partial charge in [-0.1, -0.05) is 6.92 Å². The molecule has 1 atom stereocenters. The molecule has 1 aromatic rings. The minimum absolute atomic E-state index is 0.0483. The van der Waals surface area contributed by atoms with Gasteiger partial charge in [0.25, 0.3) is 0 Å². The molecule has 1 saturated heterocycles. The molecule has 0 aliphatic carbocycles. The van der Waals surface area contributed by atoms with Gasteiger partial charge in [-0.05, 0) is 52.9 Å². The van der Waals surface area contributed by atoms with Crippen LogP contribution in [-0.2, 0) is 0 Å². The third kappa shape index (κ3) is 3.16. The lowest BCUT2D eigenvalue weighted by Crippen LogP contribution is -2.41. The number of rotatable bonds is 1. The van der Waals surface area contributed by atoms with Crippen LogP contribution in [0.2, 0.25) is 0 Å². The van der Waals surface area contributed by atoms with Crippen molar-refractivity contribution in [2.45, 2.75) is 19.8 Å². The lowest BCUT2D eigenvalue weighted by atomic mass is 10.0. The van der Waals surface area contributed by atoms with E-state index in [9.17, 15) is 4.79 Å². The van der Waals surface area contributed by atoms with E-state index < -0.39 is 0 Å². The quantitative estimate of drug-likeness (QED) is 0.782. The minimum Gasteiger partial charge on any atom is -0.399 e. The number of benzene rings is 1. The van der Waals surface area contributed by atoms with Crippen LogP contribution in [0.3, 0.4) is 0 Å². The number of hydrogen-bond donors (Lipinski definition) is 2. The average Bonchev–Trinajstić information content (AvgIpc) is 2.34. The summed E-state index contributed by atoms with van der Waals surface area (Å²) in [5.41, 5.74) is 7.08. The molecule has 0 saturated carbocycles. The lowest BCUT2D eigenvalue weighted by molar-refractivity contribution is 0.182. The summed E-state index contributed by atoms with van der Waals surface area (Å²) in [6.07, 6.45) is 2.28. The zero-order chi connectivity index (χ0) is 13.1. The van der Waals surface area contributed by atoms with Gasteiger partial charge in [-0.2, -0.15) is 0 Å². The Morgan fingerprint density at radius 3 is 3.06 bits per heavy atom. The number of hydrogen-bond acceptors (Lipinski definition) is 2. The molecule has 2 amide bonds. The smallest absolute Gasteiger partial charge is 0.321 e. The van der Waals surface area contributed by atoms with Crippen LogP contribution in [0.1, 0.15) is 19.8 Å². The summed E-state index contributed by atoms with van der Waals surface area (Å²) in [4.78, 5) is 14.0. The molecule has 0 bridgehead atoms. The number of carbonyl (C=O) groups is 1. The molecule has 4 nitrogen and oxygen atoms in total. The van der Waals surface area contributed by atoms with Crippen molar-refractivity contribution in [2.75, 3.05) is 24.1 Å². The van der Waals surface area contributed by atoms with Crippen LogP contribution in [0.5, 0.6) is 0 Å². The standard InChI is InChI=1S/C13H18BrN3O/c1-9-3-2-6-17(8-9)13(18)16-12-7-10(15)4-5-11(12)14/h4-5,7,9H,2-3,6,8,15H2,1H3,(H,16,18). The number of likely N-dealkylation sites (tertiary alicyclic amines) is 1. The van der Waals surface area contributed by atoms with Crippen molar-refractivity contribution in [2.24, 2.45) is 5.92 Å². The summed E-state index contributed by atoms with van der Waals surface area (Å²) in [7, 11) is 0. The maximum Gasteiger partial charge on any atom is 0.321 e. The number of amides is 2. The van der Waals surface area contributed by atoms with Crippen molar-refractivity contribution >= 4 is 33.3 Å². The number of halogens is 1. The summed E-state index contributed by atoms with van der Waals surface area (Å²) in [5, 5.41) is 2.90. The Kier molecular flexibility index (Phi) is 4.11. The van der Waals surface area contributed by atoms with Gasteiger partial charge in [0.05, 0.1) is 5.69 Å². The molecular formula is C13H18BrN3O. The van der Waals surface area contributed by atoms with E-state index in [2.05, 4.69) is 28.2 Å². The van der Waals surface area contributed by atoms with Gasteiger partial charge in [-0.15, -0.1) is 0 Å². The van der Waals surface area contributed by atoms with Gasteiger partial charge in [0.2, 0.25) is 0 Å². The first-order chi connectivity index (χ1) is 8.56. The second kappa shape index (κ2) is 5.61. The highest BCUT2D eigenvalue weighted by atomic mass is 79.9. The number of nitrogens with one attached hydrogen (secondary N) is 1. The Hall–Kier alpha value is -1.23. The molecule has 0 aromatic heterocycles. The summed E-state index contributed by atoms with van der Waals surface area (Å²) in [5.74, 6) is 0.578. The van der Waals surface area contributed by atoms with Crippen LogP contribution in [-0.4, -0.2) is 24.0 Å². The van der Waals surface area contributed by atoms with Gasteiger partial charge in [-0.3, -0.25) is 0 Å². The predicted molar refractivity (Wildman–Crippen MR) is 77.5 cm³/mol. The maximum absolute atomic E-state index is 12.1. The number of nitrogen functional groups attached to an aromatic ring is 1. The van der Waals surface area contributed by atoms with E-state index in [4.69, 9.17) is 5.73 Å². The molecule has 1 fully saturated rings. The zero-order valence-corrected chi connectivity index (χ0v) is 12.0. The van der Waals surface area contributed by atoms with Crippen LogP contribution in [0, 0.1) is 5.92 Å². The lowest BCUT2D eigenvalue weighted by Gasteiger charge is -2.31. The van der Waals surface area contributed by atoms with Crippen molar-refractivity contribution in [1.29, 1.82) is 0 Å². The molecule has 5 heteroatoms. The summed E-state index contributed by atoms with van der Waals surface area (Å²) in [6.45, 7) is 3.83. The molecule has 1 aliphatic heterocycles. The van der Waals surface area contributed by atoms with Crippen LogP contribution in [0.25, 0.3) is 0 Å². The Labute approximate surface area is 116 Å². The monoisotopic (exact) mass is 311 g/mol. The molecule has 1 unspecified atom stereocenters. The fourth-order valence-electron chi connectivity index (χ4n) is 2.21. The van der Waals surface area contributed by atoms with Gasteiger partial charge in [0, 0.05) is 23.2 Å². The fourth-order valence-corrected chi connectivity index (χ4v) is 2.55. The van der Waals surface area contributed by atoms with Gasteiger partial charge < -0.3 is 16.0 Å². The first kappa shape index (κ1) is 13.2. The highest BCUT2D eigenvalue weighted by Gasteiger charge is 2.21. The van der Waals surface area contributed by atoms with E-state index in [1.165, 1.54) is 6.42 Å². The fraction of sp³-hybridized carbons (Fsp3) is 0.462. The first-order valence-corrected chi connectivity index (χ1v) is 6.96. The molecule has 1 aliphatic rings. The number of carbonyl (C=O) groups excluding carboxylic acids is 1. The second-order valence-electron chi connectivity index (χ2n) is 4.86. The number of nitrogens with zero attached hydrogens (tertiary/aromatic N) is 1. The molecule has 18 heavy (non-hydrogen) atoms. The Morgan fingerprint density at radius 1 is 1.56 bits per heavy atom. The predicted octanol–water partition coefficient (Wildman–Crippen LogP) is 3.30. The first-order valence-electron chi connectivity index (χ1n) is 6.17. The van der Waals surface area contributed by atoms with E-state index in [-0.39, 0.29) is 6.03 Å². The Morgan fingerprint density at radius 2 is 2.33 bits per heavy atom. The van der Waals surface area contributed by atoms with E-state index in [0.29, 0.717) is 11.6 Å². The van der Waals surface area contributed by atoms with Gasteiger partial charge in [-0.25, -0.2) is 4.79 Å². The van der Waals surface area contributed by atoms with E-state index in [0.717, 1.165) is 29.7 Å². The number of piperidine rings is 1. The van der Waals surface area contributed by atoms with Crippen LogP contribution >= 0.6 is 15.9 Å². The minimum atomic E-state index is -0.0483. The summed E-state index contributed by atoms with van der Waals surface area (Å²) < 4.78 is 0.843. The molecule has 2 rings (SSSR count). The van der Waals surface area contributed by atoms with Crippen molar-refractivity contribution in [3.05, 3.63) is 22.7 Å². The van der Waals surface area contributed by atoms with E-state index in [1.54, 1.807) is 12.1 Å². The number of anilines is 2. The van der Waals surface area contributed by atoms with Gasteiger partial charge in [0.1, 0.15) is 0 Å². The summed E-state index contributed by atoms with van der Waals surface area (Å²) >= 11 is 3.41. The second-order valence-corrected chi connectivity index (χ2v) is 5.72. The van der Waals surface area contributed by atoms with Gasteiger partial charge in [0.15, 0.2) is 0 Å². The molecule has 1 heterocycles. The molecule has 98 valence electrons. The summed E-state index contributed by atoms with van der Waals surface area (Å²) in [6, 6.07) is 5.34. The zero-order valence-electron chi connectivity index (χ0n) is 10.4. The maximum atomic E-state index is 12.1. The molecular weight excluding hydrogens is 294 g/mol. The molecule has 0 radical (unpaired) electrons. The van der Waals surface area contributed by atoms with Crippen molar-refractivity contribution < 1.29 is 4.79 Å². The highest BCUT2D eigenvalue weighted by Crippen LogP contribution is 2.25. The molecule has 1 aromatic carbocycles. The van der Waals surface area contributed by atoms with Crippen LogP contribution < -0.4 is 11.1 Å². The topological polar surface area (TPSA) is 58.4 Å². The molecule has 0 spiro atoms.